The predicted molar refractivity (Wildman–Crippen MR) is 139 cm³/mol. The van der Waals surface area contributed by atoms with E-state index in [9.17, 15) is 14.4 Å². The van der Waals surface area contributed by atoms with E-state index < -0.39 is 12.0 Å². The number of hydrogen-bond acceptors (Lipinski definition) is 6. The average Bonchev–Trinajstić information content (AvgIpc) is 2.89. The maximum absolute atomic E-state index is 13.1. The number of rotatable bonds is 8. The molecule has 0 spiro atoms. The van der Waals surface area contributed by atoms with Gasteiger partial charge in [0.15, 0.2) is 5.78 Å². The first-order valence-corrected chi connectivity index (χ1v) is 12.5. The Balaban J connectivity index is 1.52. The number of esters is 1. The van der Waals surface area contributed by atoms with Crippen LogP contribution < -0.4 is 15.5 Å². The van der Waals surface area contributed by atoms with Crippen LogP contribution in [0.1, 0.15) is 48.3 Å². The Labute approximate surface area is 212 Å². The molecule has 36 heavy (non-hydrogen) atoms. The van der Waals surface area contributed by atoms with Crippen molar-refractivity contribution in [2.75, 3.05) is 44.2 Å². The number of ketones is 1. The molecule has 0 bridgehead atoms. The highest BCUT2D eigenvalue weighted by Crippen LogP contribution is 2.29. The van der Waals surface area contributed by atoms with Crippen molar-refractivity contribution in [3.05, 3.63) is 76.5 Å². The summed E-state index contributed by atoms with van der Waals surface area (Å²) in [4.78, 5) is 41.7. The summed E-state index contributed by atoms with van der Waals surface area (Å²) in [6.07, 6.45) is 0.914. The number of piperazine rings is 1. The van der Waals surface area contributed by atoms with Gasteiger partial charge in [-0.15, -0.1) is 0 Å². The molecule has 1 saturated heterocycles. The van der Waals surface area contributed by atoms with Crippen LogP contribution in [0.2, 0.25) is 0 Å². The summed E-state index contributed by atoms with van der Waals surface area (Å²) >= 11 is 0. The fourth-order valence-corrected chi connectivity index (χ4v) is 4.68. The van der Waals surface area contributed by atoms with Gasteiger partial charge in [0.05, 0.1) is 18.2 Å². The molecular formula is C28H34N4O4. The Bertz CT molecular complexity index is 1130. The standard InChI is InChI=1S/C28H34N4O4/c1-4-20-6-8-22(9-7-20)26-25(27(34)36-5-2)24(29-28(35)30-26)18-31-14-16-32(17-15-31)23-12-10-21(11-13-23)19(3)33/h6-13,26H,4-5,14-18H2,1-3H3,(H2,29,30,35)/t26-/m0/s1. The number of anilines is 1. The van der Waals surface area contributed by atoms with Gasteiger partial charge in [0, 0.05) is 49.7 Å². The number of hydrogen-bond donors (Lipinski definition) is 2. The molecule has 8 heteroatoms. The Morgan fingerprint density at radius 3 is 2.22 bits per heavy atom. The quantitative estimate of drug-likeness (QED) is 0.435. The van der Waals surface area contributed by atoms with Crippen LogP contribution in [0.25, 0.3) is 0 Å². The van der Waals surface area contributed by atoms with Crippen molar-refractivity contribution in [1.82, 2.24) is 15.5 Å². The topological polar surface area (TPSA) is 91.0 Å². The van der Waals surface area contributed by atoms with Gasteiger partial charge in [-0.1, -0.05) is 31.2 Å². The summed E-state index contributed by atoms with van der Waals surface area (Å²) in [6, 6.07) is 14.7. The third-order valence-corrected chi connectivity index (χ3v) is 6.76. The highest BCUT2D eigenvalue weighted by atomic mass is 16.5. The first-order valence-electron chi connectivity index (χ1n) is 12.5. The van der Waals surface area contributed by atoms with Crippen molar-refractivity contribution in [1.29, 1.82) is 0 Å². The Hall–Kier alpha value is -3.65. The second kappa shape index (κ2) is 11.4. The minimum absolute atomic E-state index is 0.0562. The molecule has 1 fully saturated rings. The molecule has 2 aromatic rings. The smallest absolute Gasteiger partial charge is 0.338 e. The van der Waals surface area contributed by atoms with Gasteiger partial charge in [-0.25, -0.2) is 9.59 Å². The highest BCUT2D eigenvalue weighted by Gasteiger charge is 2.34. The number of aryl methyl sites for hydroxylation is 1. The normalized spacial score (nSPS) is 18.5. The molecule has 190 valence electrons. The lowest BCUT2D eigenvalue weighted by Crippen LogP contribution is -2.51. The molecule has 2 N–H and O–H groups in total. The van der Waals surface area contributed by atoms with Crippen LogP contribution in [0.5, 0.6) is 0 Å². The molecule has 0 radical (unpaired) electrons. The van der Waals surface area contributed by atoms with E-state index in [0.717, 1.165) is 43.9 Å². The third-order valence-electron chi connectivity index (χ3n) is 6.76. The lowest BCUT2D eigenvalue weighted by atomic mass is 9.94. The summed E-state index contributed by atoms with van der Waals surface area (Å²) in [5, 5.41) is 5.78. The Morgan fingerprint density at radius 1 is 0.972 bits per heavy atom. The lowest BCUT2D eigenvalue weighted by Gasteiger charge is -2.38. The first kappa shape index (κ1) is 25.4. The summed E-state index contributed by atoms with van der Waals surface area (Å²) in [5.74, 6) is -0.366. The summed E-state index contributed by atoms with van der Waals surface area (Å²) < 4.78 is 5.40. The number of nitrogens with one attached hydrogen (secondary N) is 2. The third kappa shape index (κ3) is 5.76. The molecule has 2 amide bonds. The summed E-state index contributed by atoms with van der Waals surface area (Å²) in [5.41, 5.74) is 4.85. The fourth-order valence-electron chi connectivity index (χ4n) is 4.68. The number of carbonyl (C=O) groups is 3. The zero-order chi connectivity index (χ0) is 25.7. The highest BCUT2D eigenvalue weighted by molar-refractivity contribution is 5.95. The molecular weight excluding hydrogens is 456 g/mol. The van der Waals surface area contributed by atoms with Gasteiger partial charge in [0.2, 0.25) is 0 Å². The zero-order valence-corrected chi connectivity index (χ0v) is 21.2. The van der Waals surface area contributed by atoms with Crippen LogP contribution in [0, 0.1) is 0 Å². The molecule has 2 aliphatic heterocycles. The van der Waals surface area contributed by atoms with E-state index >= 15 is 0 Å². The van der Waals surface area contributed by atoms with Crippen molar-refractivity contribution in [3.63, 3.8) is 0 Å². The molecule has 2 heterocycles. The molecule has 1 atom stereocenters. The second-order valence-electron chi connectivity index (χ2n) is 9.11. The van der Waals surface area contributed by atoms with Crippen LogP contribution in [0.3, 0.4) is 0 Å². The number of benzene rings is 2. The van der Waals surface area contributed by atoms with E-state index in [0.29, 0.717) is 23.4 Å². The number of amides is 2. The number of urea groups is 1. The number of Topliss-reactive ketones (excluding diaryl/α,β-unsaturated/α-hetero) is 1. The summed E-state index contributed by atoms with van der Waals surface area (Å²) in [6.45, 7) is 9.28. The van der Waals surface area contributed by atoms with Gasteiger partial charge in [-0.05, 0) is 55.7 Å². The number of ether oxygens (including phenoxy) is 1. The number of nitrogens with zero attached hydrogens (tertiary/aromatic N) is 2. The fraction of sp³-hybridized carbons (Fsp3) is 0.393. The van der Waals surface area contributed by atoms with Crippen LogP contribution in [0.4, 0.5) is 10.5 Å². The van der Waals surface area contributed by atoms with Crippen LogP contribution in [-0.2, 0) is 16.0 Å². The molecule has 2 aliphatic rings. The van der Waals surface area contributed by atoms with E-state index in [1.807, 2.05) is 48.5 Å². The molecule has 8 nitrogen and oxygen atoms in total. The maximum Gasteiger partial charge on any atom is 0.338 e. The minimum atomic E-state index is -0.570. The predicted octanol–water partition coefficient (Wildman–Crippen LogP) is 3.44. The van der Waals surface area contributed by atoms with Gasteiger partial charge < -0.3 is 20.3 Å². The van der Waals surface area contributed by atoms with Crippen molar-refractivity contribution in [2.45, 2.75) is 33.2 Å². The second-order valence-corrected chi connectivity index (χ2v) is 9.11. The molecule has 2 aromatic carbocycles. The van der Waals surface area contributed by atoms with Crippen molar-refractivity contribution < 1.29 is 19.1 Å². The zero-order valence-electron chi connectivity index (χ0n) is 21.2. The van der Waals surface area contributed by atoms with E-state index in [4.69, 9.17) is 4.74 Å². The van der Waals surface area contributed by atoms with E-state index in [2.05, 4.69) is 27.4 Å². The largest absolute Gasteiger partial charge is 0.463 e. The van der Waals surface area contributed by atoms with E-state index in [1.54, 1.807) is 13.8 Å². The Kier molecular flexibility index (Phi) is 8.05. The molecule has 4 rings (SSSR count). The van der Waals surface area contributed by atoms with Crippen LogP contribution >= 0.6 is 0 Å². The lowest BCUT2D eigenvalue weighted by molar-refractivity contribution is -0.139. The summed E-state index contributed by atoms with van der Waals surface area (Å²) in [7, 11) is 0. The molecule has 0 unspecified atom stereocenters. The van der Waals surface area contributed by atoms with Gasteiger partial charge in [-0.3, -0.25) is 9.69 Å². The van der Waals surface area contributed by atoms with Crippen molar-refractivity contribution >= 4 is 23.5 Å². The first-order chi connectivity index (χ1) is 17.4. The van der Waals surface area contributed by atoms with Gasteiger partial charge in [0.1, 0.15) is 0 Å². The maximum atomic E-state index is 13.1. The molecule has 0 aromatic heterocycles. The Morgan fingerprint density at radius 2 is 1.64 bits per heavy atom. The van der Waals surface area contributed by atoms with Crippen LogP contribution in [0.15, 0.2) is 59.8 Å². The SMILES string of the molecule is CCOC(=O)C1=C(CN2CCN(c3ccc(C(C)=O)cc3)CC2)NC(=O)N[C@H]1c1ccc(CC)cc1. The molecule has 0 aliphatic carbocycles. The van der Waals surface area contributed by atoms with E-state index in [-0.39, 0.29) is 18.4 Å². The molecule has 0 saturated carbocycles. The van der Waals surface area contributed by atoms with Gasteiger partial charge in [-0.2, -0.15) is 0 Å². The van der Waals surface area contributed by atoms with Gasteiger partial charge >= 0.3 is 12.0 Å². The van der Waals surface area contributed by atoms with Gasteiger partial charge in [0.25, 0.3) is 0 Å². The minimum Gasteiger partial charge on any atom is -0.463 e. The van der Waals surface area contributed by atoms with Crippen LogP contribution in [-0.4, -0.2) is 62.0 Å². The van der Waals surface area contributed by atoms with Crippen molar-refractivity contribution in [3.8, 4) is 0 Å². The number of carbonyl (C=O) groups excluding carboxylic acids is 3. The van der Waals surface area contributed by atoms with Crippen molar-refractivity contribution in [2.24, 2.45) is 0 Å². The van der Waals surface area contributed by atoms with E-state index in [1.165, 1.54) is 5.56 Å². The average molecular weight is 491 g/mol. The monoisotopic (exact) mass is 490 g/mol.